The van der Waals surface area contributed by atoms with Crippen molar-refractivity contribution in [1.82, 2.24) is 10.3 Å². The SMILES string of the molecule is CCNC(COc1cccc(Cl)c1)Cc1ccncc1Cl. The first-order valence-corrected chi connectivity index (χ1v) is 7.64. The summed E-state index contributed by atoms with van der Waals surface area (Å²) in [5.74, 6) is 0.770. The van der Waals surface area contributed by atoms with Crippen molar-refractivity contribution < 1.29 is 4.74 Å². The summed E-state index contributed by atoms with van der Waals surface area (Å²) in [7, 11) is 0. The fourth-order valence-electron chi connectivity index (χ4n) is 2.07. The lowest BCUT2D eigenvalue weighted by molar-refractivity contribution is 0.265. The molecule has 0 aliphatic rings. The van der Waals surface area contributed by atoms with Crippen molar-refractivity contribution in [2.24, 2.45) is 0 Å². The van der Waals surface area contributed by atoms with Crippen molar-refractivity contribution in [1.29, 1.82) is 0 Å². The quantitative estimate of drug-likeness (QED) is 0.836. The van der Waals surface area contributed by atoms with Crippen LogP contribution in [0.5, 0.6) is 5.75 Å². The Hall–Kier alpha value is -1.29. The smallest absolute Gasteiger partial charge is 0.120 e. The normalized spacial score (nSPS) is 12.1. The molecule has 1 unspecified atom stereocenters. The van der Waals surface area contributed by atoms with E-state index in [1.165, 1.54) is 0 Å². The minimum Gasteiger partial charge on any atom is -0.492 e. The maximum Gasteiger partial charge on any atom is 0.120 e. The number of nitrogens with zero attached hydrogens (tertiary/aromatic N) is 1. The molecule has 0 saturated heterocycles. The average Bonchev–Trinajstić information content (AvgIpc) is 2.47. The van der Waals surface area contributed by atoms with E-state index in [1.807, 2.05) is 30.3 Å². The zero-order valence-electron chi connectivity index (χ0n) is 11.9. The fourth-order valence-corrected chi connectivity index (χ4v) is 2.44. The van der Waals surface area contributed by atoms with Gasteiger partial charge in [0, 0.05) is 23.5 Å². The highest BCUT2D eigenvalue weighted by Crippen LogP contribution is 2.19. The van der Waals surface area contributed by atoms with E-state index < -0.39 is 0 Å². The molecule has 0 amide bonds. The van der Waals surface area contributed by atoms with E-state index in [0.717, 1.165) is 24.3 Å². The van der Waals surface area contributed by atoms with Gasteiger partial charge in [0.25, 0.3) is 0 Å². The molecule has 0 radical (unpaired) electrons. The van der Waals surface area contributed by atoms with Crippen molar-refractivity contribution in [3.05, 3.63) is 58.3 Å². The summed E-state index contributed by atoms with van der Waals surface area (Å²) < 4.78 is 5.81. The van der Waals surface area contributed by atoms with Gasteiger partial charge in [-0.05, 0) is 42.8 Å². The van der Waals surface area contributed by atoms with Crippen LogP contribution < -0.4 is 10.1 Å². The highest BCUT2D eigenvalue weighted by Gasteiger charge is 2.12. The summed E-state index contributed by atoms with van der Waals surface area (Å²) in [6, 6.07) is 9.52. The Morgan fingerprint density at radius 2 is 2.14 bits per heavy atom. The molecule has 0 saturated carbocycles. The van der Waals surface area contributed by atoms with Crippen LogP contribution >= 0.6 is 23.2 Å². The molecular formula is C16H18Cl2N2O. The fraction of sp³-hybridized carbons (Fsp3) is 0.312. The van der Waals surface area contributed by atoms with Gasteiger partial charge in [-0.25, -0.2) is 0 Å². The molecule has 0 spiro atoms. The van der Waals surface area contributed by atoms with Crippen molar-refractivity contribution in [3.63, 3.8) is 0 Å². The van der Waals surface area contributed by atoms with Crippen LogP contribution in [-0.4, -0.2) is 24.2 Å². The lowest BCUT2D eigenvalue weighted by Crippen LogP contribution is -2.36. The largest absolute Gasteiger partial charge is 0.492 e. The molecule has 0 fully saturated rings. The van der Waals surface area contributed by atoms with Gasteiger partial charge in [-0.1, -0.05) is 36.2 Å². The van der Waals surface area contributed by atoms with Crippen LogP contribution in [-0.2, 0) is 6.42 Å². The van der Waals surface area contributed by atoms with Crippen molar-refractivity contribution >= 4 is 23.2 Å². The first-order valence-electron chi connectivity index (χ1n) is 6.89. The predicted octanol–water partition coefficient (Wildman–Crippen LogP) is 3.99. The molecule has 3 nitrogen and oxygen atoms in total. The van der Waals surface area contributed by atoms with Gasteiger partial charge in [0.1, 0.15) is 12.4 Å². The number of aromatic nitrogens is 1. The second-order valence-corrected chi connectivity index (χ2v) is 5.54. The molecule has 5 heteroatoms. The van der Waals surface area contributed by atoms with Gasteiger partial charge >= 0.3 is 0 Å². The number of halogens is 2. The second kappa shape index (κ2) is 8.23. The number of rotatable bonds is 7. The second-order valence-electron chi connectivity index (χ2n) is 4.69. The summed E-state index contributed by atoms with van der Waals surface area (Å²) in [6.45, 7) is 3.49. The maximum atomic E-state index is 6.16. The number of ether oxygens (including phenoxy) is 1. The highest BCUT2D eigenvalue weighted by molar-refractivity contribution is 6.31. The molecule has 0 bridgehead atoms. The van der Waals surface area contributed by atoms with Gasteiger partial charge in [0.2, 0.25) is 0 Å². The van der Waals surface area contributed by atoms with E-state index in [4.69, 9.17) is 27.9 Å². The first kappa shape index (κ1) is 16.1. The van der Waals surface area contributed by atoms with Gasteiger partial charge in [-0.2, -0.15) is 0 Å². The molecule has 1 atom stereocenters. The van der Waals surface area contributed by atoms with Crippen LogP contribution in [0.3, 0.4) is 0 Å². The molecule has 1 aromatic carbocycles. The van der Waals surface area contributed by atoms with E-state index >= 15 is 0 Å². The summed E-state index contributed by atoms with van der Waals surface area (Å²) in [5, 5.41) is 4.76. The molecule has 21 heavy (non-hydrogen) atoms. The zero-order chi connectivity index (χ0) is 15.1. The molecule has 112 valence electrons. The standard InChI is InChI=1S/C16H18Cl2N2O/c1-2-20-14(8-12-6-7-19-10-16(12)18)11-21-15-5-3-4-13(17)9-15/h3-7,9-10,14,20H,2,8,11H2,1H3. The van der Waals surface area contributed by atoms with Crippen LogP contribution in [0.15, 0.2) is 42.7 Å². The molecule has 2 aromatic rings. The van der Waals surface area contributed by atoms with E-state index in [9.17, 15) is 0 Å². The van der Waals surface area contributed by atoms with E-state index in [2.05, 4.69) is 17.2 Å². The molecular weight excluding hydrogens is 307 g/mol. The number of hydrogen-bond acceptors (Lipinski definition) is 3. The van der Waals surface area contributed by atoms with Gasteiger partial charge in [-0.3, -0.25) is 4.98 Å². The van der Waals surface area contributed by atoms with Crippen LogP contribution in [0, 0.1) is 0 Å². The number of hydrogen-bond donors (Lipinski definition) is 1. The Kier molecular flexibility index (Phi) is 6.30. The lowest BCUT2D eigenvalue weighted by atomic mass is 10.1. The summed E-state index contributed by atoms with van der Waals surface area (Å²) in [4.78, 5) is 4.00. The summed E-state index contributed by atoms with van der Waals surface area (Å²) in [6.07, 6.45) is 4.20. The Morgan fingerprint density at radius 1 is 1.29 bits per heavy atom. The van der Waals surface area contributed by atoms with Gasteiger partial charge in [0.15, 0.2) is 0 Å². The molecule has 1 heterocycles. The predicted molar refractivity (Wildman–Crippen MR) is 87.4 cm³/mol. The number of nitrogens with one attached hydrogen (secondary N) is 1. The Morgan fingerprint density at radius 3 is 2.86 bits per heavy atom. The molecule has 0 aliphatic heterocycles. The van der Waals surface area contributed by atoms with E-state index in [0.29, 0.717) is 16.7 Å². The van der Waals surface area contributed by atoms with E-state index in [1.54, 1.807) is 12.4 Å². The molecule has 0 aliphatic carbocycles. The summed E-state index contributed by atoms with van der Waals surface area (Å²) in [5.41, 5.74) is 1.06. The Labute approximate surface area is 135 Å². The average molecular weight is 325 g/mol. The highest BCUT2D eigenvalue weighted by atomic mass is 35.5. The van der Waals surface area contributed by atoms with Crippen molar-refractivity contribution in [2.45, 2.75) is 19.4 Å². The van der Waals surface area contributed by atoms with Gasteiger partial charge in [0.05, 0.1) is 5.02 Å². The maximum absolute atomic E-state index is 6.16. The third kappa shape index (κ3) is 5.20. The third-order valence-corrected chi connectivity index (χ3v) is 3.64. The number of pyridine rings is 1. The van der Waals surface area contributed by atoms with Crippen molar-refractivity contribution in [3.8, 4) is 5.75 Å². The van der Waals surface area contributed by atoms with Crippen LogP contribution in [0.2, 0.25) is 10.0 Å². The molecule has 1 N–H and O–H groups in total. The minimum absolute atomic E-state index is 0.175. The van der Waals surface area contributed by atoms with E-state index in [-0.39, 0.29) is 6.04 Å². The number of likely N-dealkylation sites (N-methyl/N-ethyl adjacent to an activating group) is 1. The monoisotopic (exact) mass is 324 g/mol. The number of benzene rings is 1. The topological polar surface area (TPSA) is 34.1 Å². The minimum atomic E-state index is 0.175. The Bertz CT molecular complexity index is 578. The van der Waals surface area contributed by atoms with Crippen LogP contribution in [0.4, 0.5) is 0 Å². The van der Waals surface area contributed by atoms with Crippen LogP contribution in [0.1, 0.15) is 12.5 Å². The van der Waals surface area contributed by atoms with Gasteiger partial charge < -0.3 is 10.1 Å². The summed E-state index contributed by atoms with van der Waals surface area (Å²) >= 11 is 12.1. The Balaban J connectivity index is 1.97. The third-order valence-electron chi connectivity index (χ3n) is 3.06. The lowest BCUT2D eigenvalue weighted by Gasteiger charge is -2.19. The van der Waals surface area contributed by atoms with Crippen molar-refractivity contribution in [2.75, 3.05) is 13.2 Å². The molecule has 1 aromatic heterocycles. The zero-order valence-corrected chi connectivity index (χ0v) is 13.4. The molecule has 2 rings (SSSR count). The first-order chi connectivity index (χ1) is 10.2. The van der Waals surface area contributed by atoms with Crippen LogP contribution in [0.25, 0.3) is 0 Å². The van der Waals surface area contributed by atoms with Gasteiger partial charge in [-0.15, -0.1) is 0 Å².